The van der Waals surface area contributed by atoms with Crippen molar-refractivity contribution in [2.24, 2.45) is 7.05 Å². The first kappa shape index (κ1) is 17.2. The molecule has 2 aromatic heterocycles. The van der Waals surface area contributed by atoms with E-state index in [-0.39, 0.29) is 11.7 Å². The Balaban J connectivity index is 1.56. The minimum Gasteiger partial charge on any atom is -0.325 e. The van der Waals surface area contributed by atoms with Crippen LogP contribution in [0.2, 0.25) is 0 Å². The highest BCUT2D eigenvalue weighted by Crippen LogP contribution is 2.20. The number of thioether (sulfide) groups is 1. The van der Waals surface area contributed by atoms with Gasteiger partial charge in [-0.3, -0.25) is 4.79 Å². The van der Waals surface area contributed by atoms with E-state index in [2.05, 4.69) is 37.5 Å². The molecule has 3 aromatic rings. The van der Waals surface area contributed by atoms with E-state index in [0.717, 1.165) is 27.6 Å². The maximum Gasteiger partial charge on any atom is 0.234 e. The van der Waals surface area contributed by atoms with E-state index in [1.165, 1.54) is 16.6 Å². The van der Waals surface area contributed by atoms with Gasteiger partial charge in [-0.1, -0.05) is 39.8 Å². The number of carbonyl (C=O) groups is 1. The Hall–Kier alpha value is -1.64. The molecule has 0 saturated heterocycles. The number of thiophene rings is 1. The van der Waals surface area contributed by atoms with Gasteiger partial charge in [-0.2, -0.15) is 0 Å². The molecular formula is C16H15BrN4OS2. The van der Waals surface area contributed by atoms with Gasteiger partial charge in [0.05, 0.1) is 5.75 Å². The molecule has 124 valence electrons. The van der Waals surface area contributed by atoms with Gasteiger partial charge in [-0.25, -0.2) is 0 Å². The van der Waals surface area contributed by atoms with Crippen LogP contribution in [0.5, 0.6) is 0 Å². The molecule has 5 nitrogen and oxygen atoms in total. The molecule has 0 aliphatic rings. The average Bonchev–Trinajstić information content (AvgIpc) is 3.17. The van der Waals surface area contributed by atoms with Crippen LogP contribution in [0, 0.1) is 0 Å². The maximum absolute atomic E-state index is 12.1. The molecule has 0 aliphatic heterocycles. The zero-order valence-corrected chi connectivity index (χ0v) is 16.1. The van der Waals surface area contributed by atoms with Gasteiger partial charge in [0.2, 0.25) is 5.91 Å². The fourth-order valence-corrected chi connectivity index (χ4v) is 3.92. The number of anilines is 1. The van der Waals surface area contributed by atoms with Crippen LogP contribution in [0.3, 0.4) is 0 Å². The number of carbonyl (C=O) groups excluding carboxylic acids is 1. The van der Waals surface area contributed by atoms with Crippen molar-refractivity contribution in [1.29, 1.82) is 0 Å². The minimum atomic E-state index is -0.0686. The summed E-state index contributed by atoms with van der Waals surface area (Å²) in [5.41, 5.74) is 0.770. The predicted octanol–water partition coefficient (Wildman–Crippen LogP) is 3.96. The number of aromatic nitrogens is 3. The van der Waals surface area contributed by atoms with Crippen molar-refractivity contribution < 1.29 is 4.79 Å². The van der Waals surface area contributed by atoms with Crippen molar-refractivity contribution in [1.82, 2.24) is 14.8 Å². The van der Waals surface area contributed by atoms with Crippen molar-refractivity contribution in [2.45, 2.75) is 11.6 Å². The fraction of sp³-hybridized carbons (Fsp3) is 0.188. The number of nitrogens with zero attached hydrogens (tertiary/aromatic N) is 3. The summed E-state index contributed by atoms with van der Waals surface area (Å²) in [7, 11) is 1.93. The lowest BCUT2D eigenvalue weighted by atomic mass is 10.3. The fourth-order valence-electron chi connectivity index (χ4n) is 2.09. The van der Waals surface area contributed by atoms with E-state index >= 15 is 0 Å². The molecule has 24 heavy (non-hydrogen) atoms. The lowest BCUT2D eigenvalue weighted by molar-refractivity contribution is -0.113. The molecule has 0 unspecified atom stereocenters. The van der Waals surface area contributed by atoms with Gasteiger partial charge in [-0.15, -0.1) is 21.5 Å². The van der Waals surface area contributed by atoms with Crippen LogP contribution in [0.4, 0.5) is 5.69 Å². The lowest BCUT2D eigenvalue weighted by Crippen LogP contribution is -2.14. The molecule has 0 bridgehead atoms. The van der Waals surface area contributed by atoms with Crippen molar-refractivity contribution in [3.8, 4) is 0 Å². The second kappa shape index (κ2) is 7.96. The van der Waals surface area contributed by atoms with Crippen molar-refractivity contribution >= 4 is 50.6 Å². The third-order valence-corrected chi connectivity index (χ3v) is 5.67. The molecule has 1 N–H and O–H groups in total. The summed E-state index contributed by atoms with van der Waals surface area (Å²) in [4.78, 5) is 13.3. The first-order chi connectivity index (χ1) is 11.6. The van der Waals surface area contributed by atoms with Crippen LogP contribution in [0.25, 0.3) is 0 Å². The monoisotopic (exact) mass is 422 g/mol. The molecule has 2 heterocycles. The second-order valence-electron chi connectivity index (χ2n) is 5.06. The summed E-state index contributed by atoms with van der Waals surface area (Å²) in [6, 6.07) is 11.6. The largest absolute Gasteiger partial charge is 0.325 e. The average molecular weight is 423 g/mol. The Labute approximate surface area is 156 Å². The van der Waals surface area contributed by atoms with Crippen LogP contribution >= 0.6 is 39.0 Å². The topological polar surface area (TPSA) is 59.8 Å². The SMILES string of the molecule is Cn1c(Cc2cccs2)nnc1SCC(=O)Nc1cccc(Br)c1. The Morgan fingerprint density at radius 1 is 1.33 bits per heavy atom. The summed E-state index contributed by atoms with van der Waals surface area (Å²) >= 11 is 6.47. The van der Waals surface area contributed by atoms with Crippen molar-refractivity contribution in [2.75, 3.05) is 11.1 Å². The van der Waals surface area contributed by atoms with Gasteiger partial charge >= 0.3 is 0 Å². The Morgan fingerprint density at radius 2 is 2.21 bits per heavy atom. The molecule has 0 atom stereocenters. The van der Waals surface area contributed by atoms with E-state index in [0.29, 0.717) is 0 Å². The smallest absolute Gasteiger partial charge is 0.234 e. The van der Waals surface area contributed by atoms with Crippen LogP contribution in [0.15, 0.2) is 51.4 Å². The van der Waals surface area contributed by atoms with E-state index in [4.69, 9.17) is 0 Å². The van der Waals surface area contributed by atoms with E-state index in [1.807, 2.05) is 47.3 Å². The Kier molecular flexibility index (Phi) is 5.70. The Morgan fingerprint density at radius 3 is 2.96 bits per heavy atom. The predicted molar refractivity (Wildman–Crippen MR) is 102 cm³/mol. The maximum atomic E-state index is 12.1. The highest BCUT2D eigenvalue weighted by molar-refractivity contribution is 9.10. The number of benzene rings is 1. The summed E-state index contributed by atoms with van der Waals surface area (Å²) in [5.74, 6) is 1.12. The molecule has 3 rings (SSSR count). The summed E-state index contributed by atoms with van der Waals surface area (Å²) in [5, 5.41) is 14.1. The van der Waals surface area contributed by atoms with E-state index < -0.39 is 0 Å². The minimum absolute atomic E-state index is 0.0686. The third kappa shape index (κ3) is 4.46. The molecular weight excluding hydrogens is 408 g/mol. The van der Waals surface area contributed by atoms with Crippen LogP contribution in [-0.4, -0.2) is 26.4 Å². The van der Waals surface area contributed by atoms with Gasteiger partial charge in [0.25, 0.3) is 0 Å². The molecule has 0 aliphatic carbocycles. The quantitative estimate of drug-likeness (QED) is 0.610. The zero-order chi connectivity index (χ0) is 16.9. The second-order valence-corrected chi connectivity index (χ2v) is 7.95. The standard InChI is InChI=1S/C16H15BrN4OS2/c1-21-14(9-13-6-3-7-23-13)19-20-16(21)24-10-15(22)18-12-5-2-4-11(17)8-12/h2-8H,9-10H2,1H3,(H,18,22). The summed E-state index contributed by atoms with van der Waals surface area (Å²) in [6.07, 6.45) is 0.756. The zero-order valence-electron chi connectivity index (χ0n) is 12.9. The molecule has 1 aromatic carbocycles. The summed E-state index contributed by atoms with van der Waals surface area (Å²) < 4.78 is 2.87. The van der Waals surface area contributed by atoms with Gasteiger partial charge in [0, 0.05) is 28.5 Å². The first-order valence-corrected chi connectivity index (χ1v) is 9.86. The van der Waals surface area contributed by atoms with Crippen LogP contribution in [0.1, 0.15) is 10.7 Å². The lowest BCUT2D eigenvalue weighted by Gasteiger charge is -2.06. The number of halogens is 1. The van der Waals surface area contributed by atoms with Crippen LogP contribution < -0.4 is 5.32 Å². The number of hydrogen-bond donors (Lipinski definition) is 1. The summed E-state index contributed by atoms with van der Waals surface area (Å²) in [6.45, 7) is 0. The van der Waals surface area contributed by atoms with E-state index in [1.54, 1.807) is 11.3 Å². The van der Waals surface area contributed by atoms with E-state index in [9.17, 15) is 4.79 Å². The van der Waals surface area contributed by atoms with Gasteiger partial charge < -0.3 is 9.88 Å². The normalized spacial score (nSPS) is 10.8. The highest BCUT2D eigenvalue weighted by atomic mass is 79.9. The van der Waals surface area contributed by atoms with Crippen LogP contribution in [-0.2, 0) is 18.3 Å². The number of rotatable bonds is 6. The van der Waals surface area contributed by atoms with Gasteiger partial charge in [0.1, 0.15) is 5.82 Å². The number of nitrogens with one attached hydrogen (secondary N) is 1. The molecule has 8 heteroatoms. The first-order valence-electron chi connectivity index (χ1n) is 7.20. The molecule has 0 saturated carbocycles. The Bertz CT molecular complexity index is 832. The third-order valence-electron chi connectivity index (χ3n) is 3.28. The number of amides is 1. The number of hydrogen-bond acceptors (Lipinski definition) is 5. The molecule has 1 amide bonds. The highest BCUT2D eigenvalue weighted by Gasteiger charge is 2.12. The molecule has 0 fully saturated rings. The van der Waals surface area contributed by atoms with Crippen molar-refractivity contribution in [3.63, 3.8) is 0 Å². The van der Waals surface area contributed by atoms with Gasteiger partial charge in [-0.05, 0) is 29.6 Å². The molecule has 0 radical (unpaired) electrons. The van der Waals surface area contributed by atoms with Gasteiger partial charge in [0.15, 0.2) is 5.16 Å². The van der Waals surface area contributed by atoms with Crippen molar-refractivity contribution in [3.05, 3.63) is 57.0 Å². The molecule has 0 spiro atoms.